The van der Waals surface area contributed by atoms with E-state index >= 15 is 0 Å². The lowest BCUT2D eigenvalue weighted by molar-refractivity contribution is 0.100. The first-order valence-corrected chi connectivity index (χ1v) is 5.33. The molecule has 0 aliphatic rings. The lowest BCUT2D eigenvalue weighted by Crippen LogP contribution is -2.24. The molecule has 0 aromatic heterocycles. The standard InChI is InChI=1S/C13H13N3O2/c1-18-10-7-6-8-4-2-3-5-9(8)11(10)12(17)16-13(14)15/h2-7H,1H3,(H4,14,15,16,17). The molecule has 4 N–H and O–H groups in total. The minimum atomic E-state index is -0.511. The molecule has 0 aliphatic heterocycles. The molecule has 92 valence electrons. The van der Waals surface area contributed by atoms with Gasteiger partial charge >= 0.3 is 0 Å². The Balaban J connectivity index is 2.72. The van der Waals surface area contributed by atoms with Gasteiger partial charge in [0.15, 0.2) is 5.96 Å². The van der Waals surface area contributed by atoms with E-state index in [2.05, 4.69) is 4.99 Å². The number of benzene rings is 2. The number of methoxy groups -OCH3 is 1. The maximum atomic E-state index is 12.0. The number of rotatable bonds is 2. The molecule has 2 rings (SSSR count). The molecule has 0 spiro atoms. The summed E-state index contributed by atoms with van der Waals surface area (Å²) in [6.45, 7) is 0. The van der Waals surface area contributed by atoms with Crippen molar-refractivity contribution in [1.82, 2.24) is 0 Å². The van der Waals surface area contributed by atoms with E-state index in [0.717, 1.165) is 10.8 Å². The van der Waals surface area contributed by atoms with Crippen molar-refractivity contribution in [1.29, 1.82) is 0 Å². The summed E-state index contributed by atoms with van der Waals surface area (Å²) in [6.07, 6.45) is 0. The first-order valence-electron chi connectivity index (χ1n) is 5.33. The molecule has 2 aromatic carbocycles. The Morgan fingerprint density at radius 1 is 1.17 bits per heavy atom. The third kappa shape index (κ3) is 2.10. The van der Waals surface area contributed by atoms with Crippen LogP contribution in [0.3, 0.4) is 0 Å². The first-order chi connectivity index (χ1) is 8.63. The van der Waals surface area contributed by atoms with Gasteiger partial charge in [-0.05, 0) is 16.8 Å². The minimum absolute atomic E-state index is 0.269. The van der Waals surface area contributed by atoms with E-state index in [0.29, 0.717) is 11.3 Å². The smallest absolute Gasteiger partial charge is 0.284 e. The van der Waals surface area contributed by atoms with Gasteiger partial charge in [-0.25, -0.2) is 0 Å². The highest BCUT2D eigenvalue weighted by molar-refractivity contribution is 6.12. The summed E-state index contributed by atoms with van der Waals surface area (Å²) in [4.78, 5) is 15.6. The summed E-state index contributed by atoms with van der Waals surface area (Å²) >= 11 is 0. The zero-order valence-electron chi connectivity index (χ0n) is 9.88. The van der Waals surface area contributed by atoms with E-state index in [-0.39, 0.29) is 5.96 Å². The summed E-state index contributed by atoms with van der Waals surface area (Å²) in [7, 11) is 1.50. The minimum Gasteiger partial charge on any atom is -0.496 e. The second-order valence-corrected chi connectivity index (χ2v) is 3.71. The van der Waals surface area contributed by atoms with Gasteiger partial charge in [0.2, 0.25) is 0 Å². The van der Waals surface area contributed by atoms with E-state index in [9.17, 15) is 4.79 Å². The number of aliphatic imine (C=N–C) groups is 1. The average molecular weight is 243 g/mol. The highest BCUT2D eigenvalue weighted by Crippen LogP contribution is 2.28. The quantitative estimate of drug-likeness (QED) is 0.613. The predicted octanol–water partition coefficient (Wildman–Crippen LogP) is 1.26. The van der Waals surface area contributed by atoms with Gasteiger partial charge in [0.05, 0.1) is 12.7 Å². The van der Waals surface area contributed by atoms with E-state index in [1.165, 1.54) is 7.11 Å². The Morgan fingerprint density at radius 3 is 2.56 bits per heavy atom. The lowest BCUT2D eigenvalue weighted by Gasteiger charge is -2.09. The molecule has 0 radical (unpaired) electrons. The number of amides is 1. The Morgan fingerprint density at radius 2 is 1.89 bits per heavy atom. The summed E-state index contributed by atoms with van der Waals surface area (Å²) in [5, 5.41) is 1.68. The van der Waals surface area contributed by atoms with Gasteiger partial charge in [0.25, 0.3) is 5.91 Å². The predicted molar refractivity (Wildman–Crippen MR) is 70.6 cm³/mol. The Labute approximate surface area is 104 Å². The summed E-state index contributed by atoms with van der Waals surface area (Å²) in [5.74, 6) is -0.331. The van der Waals surface area contributed by atoms with Crippen LogP contribution in [-0.4, -0.2) is 19.0 Å². The van der Waals surface area contributed by atoms with Gasteiger partial charge in [-0.3, -0.25) is 4.79 Å². The van der Waals surface area contributed by atoms with Crippen molar-refractivity contribution in [3.8, 4) is 5.75 Å². The van der Waals surface area contributed by atoms with Crippen LogP contribution >= 0.6 is 0 Å². The Bertz CT molecular complexity index is 631. The van der Waals surface area contributed by atoms with Gasteiger partial charge in [-0.1, -0.05) is 30.3 Å². The average Bonchev–Trinajstić information content (AvgIpc) is 2.36. The highest BCUT2D eigenvalue weighted by atomic mass is 16.5. The van der Waals surface area contributed by atoms with Crippen LogP contribution in [0.15, 0.2) is 41.4 Å². The van der Waals surface area contributed by atoms with Crippen LogP contribution in [0.2, 0.25) is 0 Å². The van der Waals surface area contributed by atoms with Gasteiger partial charge in [0.1, 0.15) is 5.75 Å². The number of carbonyl (C=O) groups excluding carboxylic acids is 1. The summed E-state index contributed by atoms with van der Waals surface area (Å²) in [6, 6.07) is 11.1. The molecule has 0 atom stereocenters. The van der Waals surface area contributed by atoms with Crippen LogP contribution in [0.1, 0.15) is 10.4 Å². The zero-order chi connectivity index (χ0) is 13.1. The maximum Gasteiger partial charge on any atom is 0.284 e. The molecule has 0 saturated heterocycles. The number of ether oxygens (including phenoxy) is 1. The van der Waals surface area contributed by atoms with Crippen molar-refractivity contribution < 1.29 is 9.53 Å². The van der Waals surface area contributed by atoms with Crippen molar-refractivity contribution in [2.75, 3.05) is 7.11 Å². The van der Waals surface area contributed by atoms with Gasteiger partial charge in [-0.2, -0.15) is 4.99 Å². The molecule has 0 heterocycles. The number of hydrogen-bond acceptors (Lipinski definition) is 2. The van der Waals surface area contributed by atoms with Crippen LogP contribution in [0.5, 0.6) is 5.75 Å². The zero-order valence-corrected chi connectivity index (χ0v) is 9.88. The van der Waals surface area contributed by atoms with Crippen LogP contribution in [0.25, 0.3) is 10.8 Å². The number of carbonyl (C=O) groups is 1. The number of nitrogens with zero attached hydrogens (tertiary/aromatic N) is 1. The van der Waals surface area contributed by atoms with Gasteiger partial charge in [0, 0.05) is 0 Å². The molecule has 0 bridgehead atoms. The van der Waals surface area contributed by atoms with Crippen LogP contribution < -0.4 is 16.2 Å². The molecule has 2 aromatic rings. The monoisotopic (exact) mass is 243 g/mol. The third-order valence-electron chi connectivity index (χ3n) is 2.56. The van der Waals surface area contributed by atoms with Crippen molar-refractivity contribution in [2.45, 2.75) is 0 Å². The normalized spacial score (nSPS) is 10.1. The fraction of sp³-hybridized carbons (Fsp3) is 0.0769. The highest BCUT2D eigenvalue weighted by Gasteiger charge is 2.15. The maximum absolute atomic E-state index is 12.0. The molecule has 0 unspecified atom stereocenters. The molecule has 0 fully saturated rings. The summed E-state index contributed by atoms with van der Waals surface area (Å²) < 4.78 is 5.18. The van der Waals surface area contributed by atoms with Crippen LogP contribution in [0.4, 0.5) is 0 Å². The van der Waals surface area contributed by atoms with Crippen molar-refractivity contribution in [3.63, 3.8) is 0 Å². The van der Waals surface area contributed by atoms with Gasteiger partial charge < -0.3 is 16.2 Å². The number of fused-ring (bicyclic) bond motifs is 1. The second-order valence-electron chi connectivity index (χ2n) is 3.71. The second kappa shape index (κ2) is 4.75. The molecule has 18 heavy (non-hydrogen) atoms. The molecule has 5 nitrogen and oxygen atoms in total. The van der Waals surface area contributed by atoms with Crippen molar-refractivity contribution in [2.24, 2.45) is 16.5 Å². The summed E-state index contributed by atoms with van der Waals surface area (Å²) in [5.41, 5.74) is 10.8. The molecular weight excluding hydrogens is 230 g/mol. The number of hydrogen-bond donors (Lipinski definition) is 2. The lowest BCUT2D eigenvalue weighted by atomic mass is 10.0. The molecule has 1 amide bonds. The van der Waals surface area contributed by atoms with Crippen LogP contribution in [-0.2, 0) is 0 Å². The molecular formula is C13H13N3O2. The van der Waals surface area contributed by atoms with E-state index in [1.807, 2.05) is 30.3 Å². The van der Waals surface area contributed by atoms with Crippen molar-refractivity contribution in [3.05, 3.63) is 42.0 Å². The Hall–Kier alpha value is -2.56. The van der Waals surface area contributed by atoms with E-state index in [4.69, 9.17) is 16.2 Å². The SMILES string of the molecule is COc1ccc2ccccc2c1C(=O)N=C(N)N. The molecule has 0 aliphatic carbocycles. The fourth-order valence-corrected chi connectivity index (χ4v) is 1.82. The van der Waals surface area contributed by atoms with Gasteiger partial charge in [-0.15, -0.1) is 0 Å². The van der Waals surface area contributed by atoms with Crippen molar-refractivity contribution >= 4 is 22.6 Å². The topological polar surface area (TPSA) is 90.7 Å². The molecule has 5 heteroatoms. The molecule has 0 saturated carbocycles. The third-order valence-corrected chi connectivity index (χ3v) is 2.56. The number of guanidine groups is 1. The Kier molecular flexibility index (Phi) is 3.14. The largest absolute Gasteiger partial charge is 0.496 e. The fourth-order valence-electron chi connectivity index (χ4n) is 1.82. The van der Waals surface area contributed by atoms with Crippen LogP contribution in [0, 0.1) is 0 Å². The van der Waals surface area contributed by atoms with E-state index < -0.39 is 5.91 Å². The number of nitrogens with two attached hydrogens (primary N) is 2. The van der Waals surface area contributed by atoms with E-state index in [1.54, 1.807) is 6.07 Å². The first kappa shape index (κ1) is 11.9.